The lowest BCUT2D eigenvalue weighted by molar-refractivity contribution is 0.0595. The maximum Gasteiger partial charge on any atom is 0.358 e. The number of aliphatic hydroxyl groups is 1. The Hall–Kier alpha value is -2.92. The second-order valence-corrected chi connectivity index (χ2v) is 5.38. The van der Waals surface area contributed by atoms with Gasteiger partial charge in [-0.1, -0.05) is 60.7 Å². The third-order valence-electron chi connectivity index (χ3n) is 3.82. The van der Waals surface area contributed by atoms with E-state index >= 15 is 0 Å². The molecule has 3 aromatic rings. The van der Waals surface area contributed by atoms with Crippen LogP contribution in [-0.4, -0.2) is 27.7 Å². The molecule has 24 heavy (non-hydrogen) atoms. The fraction of sp³-hybridized carbons (Fsp3) is 0.158. The topological polar surface area (TPSA) is 64.3 Å². The van der Waals surface area contributed by atoms with Gasteiger partial charge in [0.05, 0.1) is 31.8 Å². The number of carbonyl (C=O) groups is 1. The lowest BCUT2D eigenvalue weighted by Crippen LogP contribution is -2.11. The predicted molar refractivity (Wildman–Crippen MR) is 90.4 cm³/mol. The number of benzene rings is 2. The van der Waals surface area contributed by atoms with E-state index in [2.05, 4.69) is 4.98 Å². The van der Waals surface area contributed by atoms with Crippen LogP contribution in [0.25, 0.3) is 11.3 Å². The van der Waals surface area contributed by atoms with E-state index in [1.54, 1.807) is 10.9 Å². The number of hydrogen-bond acceptors (Lipinski definition) is 4. The van der Waals surface area contributed by atoms with E-state index in [1.807, 2.05) is 60.7 Å². The fourth-order valence-corrected chi connectivity index (χ4v) is 2.63. The number of hydrogen-bond donors (Lipinski definition) is 1. The molecule has 1 aromatic heterocycles. The summed E-state index contributed by atoms with van der Waals surface area (Å²) >= 11 is 0. The van der Waals surface area contributed by atoms with E-state index in [1.165, 1.54) is 7.11 Å². The van der Waals surface area contributed by atoms with Gasteiger partial charge in [0.1, 0.15) is 0 Å². The molecule has 0 fully saturated rings. The van der Waals surface area contributed by atoms with E-state index in [-0.39, 0.29) is 12.2 Å². The summed E-state index contributed by atoms with van der Waals surface area (Å²) in [4.78, 5) is 16.2. The first-order chi connectivity index (χ1) is 11.7. The molecule has 0 radical (unpaired) electrons. The molecule has 2 aromatic carbocycles. The van der Waals surface area contributed by atoms with Gasteiger partial charge in [0, 0.05) is 5.56 Å². The van der Waals surface area contributed by atoms with E-state index in [0.717, 1.165) is 11.1 Å². The quantitative estimate of drug-likeness (QED) is 0.733. The van der Waals surface area contributed by atoms with Crippen LogP contribution in [0.1, 0.15) is 22.2 Å². The second kappa shape index (κ2) is 7.10. The van der Waals surface area contributed by atoms with E-state index in [4.69, 9.17) is 4.74 Å². The molecular formula is C19H18N2O3. The van der Waals surface area contributed by atoms with Crippen LogP contribution in [0, 0.1) is 0 Å². The Morgan fingerprint density at radius 1 is 1.12 bits per heavy atom. The molecule has 5 heteroatoms. The van der Waals surface area contributed by atoms with Gasteiger partial charge in [0.15, 0.2) is 5.69 Å². The number of imidazole rings is 1. The van der Waals surface area contributed by atoms with Crippen LogP contribution in [0.15, 0.2) is 67.0 Å². The van der Waals surface area contributed by atoms with Crippen molar-refractivity contribution in [3.05, 3.63) is 78.2 Å². The van der Waals surface area contributed by atoms with Crippen molar-refractivity contribution in [1.82, 2.24) is 9.55 Å². The third kappa shape index (κ3) is 3.21. The van der Waals surface area contributed by atoms with Gasteiger partial charge in [-0.15, -0.1) is 0 Å². The average molecular weight is 322 g/mol. The number of esters is 1. The van der Waals surface area contributed by atoms with Crippen LogP contribution < -0.4 is 0 Å². The molecule has 0 bridgehead atoms. The molecule has 122 valence electrons. The van der Waals surface area contributed by atoms with Crippen LogP contribution in [0.3, 0.4) is 0 Å². The molecule has 1 heterocycles. The fourth-order valence-electron chi connectivity index (χ4n) is 2.63. The summed E-state index contributed by atoms with van der Waals surface area (Å²) < 4.78 is 6.60. The summed E-state index contributed by atoms with van der Waals surface area (Å²) in [6, 6.07) is 18.9. The van der Waals surface area contributed by atoms with Crippen molar-refractivity contribution in [3.8, 4) is 11.3 Å². The van der Waals surface area contributed by atoms with Crippen LogP contribution >= 0.6 is 0 Å². The van der Waals surface area contributed by atoms with Crippen LogP contribution in [-0.2, 0) is 11.3 Å². The molecule has 0 aliphatic heterocycles. The Balaban J connectivity index is 1.99. The normalized spacial score (nSPS) is 11.9. The zero-order valence-electron chi connectivity index (χ0n) is 13.3. The molecule has 1 atom stereocenters. The monoisotopic (exact) mass is 322 g/mol. The molecule has 0 aliphatic rings. The molecular weight excluding hydrogens is 304 g/mol. The smallest absolute Gasteiger partial charge is 0.358 e. The van der Waals surface area contributed by atoms with Crippen LogP contribution in [0.5, 0.6) is 0 Å². The first-order valence-corrected chi connectivity index (χ1v) is 7.62. The molecule has 1 unspecified atom stereocenters. The molecule has 0 spiro atoms. The molecule has 3 rings (SSSR count). The van der Waals surface area contributed by atoms with Crippen molar-refractivity contribution < 1.29 is 14.6 Å². The summed E-state index contributed by atoms with van der Waals surface area (Å²) in [7, 11) is 1.33. The minimum Gasteiger partial charge on any atom is -0.464 e. The van der Waals surface area contributed by atoms with E-state index < -0.39 is 12.1 Å². The summed E-state index contributed by atoms with van der Waals surface area (Å²) in [5.74, 6) is -0.498. The van der Waals surface area contributed by atoms with Gasteiger partial charge < -0.3 is 14.4 Å². The van der Waals surface area contributed by atoms with Crippen molar-refractivity contribution in [1.29, 1.82) is 0 Å². The van der Waals surface area contributed by atoms with Crippen LogP contribution in [0.4, 0.5) is 0 Å². The standard InChI is InChI=1S/C19H18N2O3/c1-24-19(23)17-18(15-10-6-3-7-11-15)21(13-20-17)12-16(22)14-8-4-2-5-9-14/h2-11,13,16,22H,12H2,1H3. The third-order valence-corrected chi connectivity index (χ3v) is 3.82. The van der Waals surface area contributed by atoms with Crippen molar-refractivity contribution in [2.24, 2.45) is 0 Å². The first-order valence-electron chi connectivity index (χ1n) is 7.62. The average Bonchev–Trinajstić information content (AvgIpc) is 3.06. The summed E-state index contributed by atoms with van der Waals surface area (Å²) in [5, 5.41) is 10.5. The maximum atomic E-state index is 12.0. The molecule has 1 N–H and O–H groups in total. The number of carbonyl (C=O) groups excluding carboxylic acids is 1. The van der Waals surface area contributed by atoms with Crippen molar-refractivity contribution in [3.63, 3.8) is 0 Å². The number of methoxy groups -OCH3 is 1. The number of ether oxygens (including phenoxy) is 1. The summed E-state index contributed by atoms with van der Waals surface area (Å²) in [5.41, 5.74) is 2.53. The van der Waals surface area contributed by atoms with Gasteiger partial charge >= 0.3 is 5.97 Å². The van der Waals surface area contributed by atoms with Gasteiger partial charge in [-0.25, -0.2) is 9.78 Å². The Labute approximate surface area is 140 Å². The Bertz CT molecular complexity index is 813. The number of aliphatic hydroxyl groups excluding tert-OH is 1. The van der Waals surface area contributed by atoms with Gasteiger partial charge in [-0.3, -0.25) is 0 Å². The van der Waals surface area contributed by atoms with Gasteiger partial charge in [-0.05, 0) is 5.56 Å². The molecule has 0 amide bonds. The highest BCUT2D eigenvalue weighted by Gasteiger charge is 2.21. The first kappa shape index (κ1) is 16.0. The van der Waals surface area contributed by atoms with Crippen molar-refractivity contribution >= 4 is 5.97 Å². The molecule has 0 aliphatic carbocycles. The lowest BCUT2D eigenvalue weighted by Gasteiger charge is -2.15. The molecule has 0 saturated carbocycles. The predicted octanol–water partition coefficient (Wildman–Crippen LogP) is 3.07. The molecule has 5 nitrogen and oxygen atoms in total. The zero-order chi connectivity index (χ0) is 16.9. The SMILES string of the molecule is COC(=O)c1ncn(CC(O)c2ccccc2)c1-c1ccccc1. The van der Waals surface area contributed by atoms with Crippen LogP contribution in [0.2, 0.25) is 0 Å². The van der Waals surface area contributed by atoms with Gasteiger partial charge in [0.25, 0.3) is 0 Å². The summed E-state index contributed by atoms with van der Waals surface area (Å²) in [6.45, 7) is 0.290. The summed E-state index contributed by atoms with van der Waals surface area (Å²) in [6.07, 6.45) is 0.856. The van der Waals surface area contributed by atoms with Gasteiger partial charge in [-0.2, -0.15) is 0 Å². The van der Waals surface area contributed by atoms with E-state index in [9.17, 15) is 9.90 Å². The lowest BCUT2D eigenvalue weighted by atomic mass is 10.1. The minimum absolute atomic E-state index is 0.240. The highest BCUT2D eigenvalue weighted by molar-refractivity contribution is 5.94. The van der Waals surface area contributed by atoms with E-state index in [0.29, 0.717) is 5.69 Å². The zero-order valence-corrected chi connectivity index (χ0v) is 13.3. The van der Waals surface area contributed by atoms with Crippen molar-refractivity contribution in [2.45, 2.75) is 12.6 Å². The minimum atomic E-state index is -0.701. The largest absolute Gasteiger partial charge is 0.464 e. The Morgan fingerprint density at radius 3 is 2.38 bits per heavy atom. The number of nitrogens with zero attached hydrogens (tertiary/aromatic N) is 2. The second-order valence-electron chi connectivity index (χ2n) is 5.38. The Morgan fingerprint density at radius 2 is 1.75 bits per heavy atom. The van der Waals surface area contributed by atoms with Crippen molar-refractivity contribution in [2.75, 3.05) is 7.11 Å². The van der Waals surface area contributed by atoms with Gasteiger partial charge in [0.2, 0.25) is 0 Å². The highest BCUT2D eigenvalue weighted by atomic mass is 16.5. The number of rotatable bonds is 5. The highest BCUT2D eigenvalue weighted by Crippen LogP contribution is 2.26. The Kier molecular flexibility index (Phi) is 4.72. The maximum absolute atomic E-state index is 12.0. The number of aromatic nitrogens is 2. The molecule has 0 saturated heterocycles.